The summed E-state index contributed by atoms with van der Waals surface area (Å²) < 4.78 is 6.36. The van der Waals surface area contributed by atoms with Gasteiger partial charge in [0.2, 0.25) is 0 Å². The van der Waals surface area contributed by atoms with Crippen molar-refractivity contribution in [2.45, 2.75) is 50.2 Å². The van der Waals surface area contributed by atoms with E-state index in [1.165, 1.54) is 17.3 Å². The van der Waals surface area contributed by atoms with Crippen molar-refractivity contribution in [3.05, 3.63) is 22.5 Å². The molecule has 1 heterocycles. The van der Waals surface area contributed by atoms with Gasteiger partial charge in [0.25, 0.3) is 0 Å². The molecule has 5 N–H and O–H groups in total. The number of benzene rings is 1. The molecular weight excluding hydrogens is 295 g/mol. The Kier molecular flexibility index (Phi) is 2.39. The number of anilines is 1. The van der Waals surface area contributed by atoms with Gasteiger partial charge >= 0.3 is 0 Å². The Morgan fingerprint density at radius 2 is 2.05 bits per heavy atom. The molecule has 5 unspecified atom stereocenters. The standard InChI is InChI=1S/C17H21N2O2P/c1-17(19)9-4-5-10(9)22-16-13(18)14(20)11-7-2-3-8(6-7)12(11)15(16)21-17/h5,7-9,20,22H,2-4,6,18-19H2,1H3. The van der Waals surface area contributed by atoms with E-state index < -0.39 is 5.72 Å². The molecule has 1 aliphatic heterocycles. The molecule has 0 radical (unpaired) electrons. The lowest BCUT2D eigenvalue weighted by molar-refractivity contribution is 0.0455. The normalized spacial score (nSPS) is 38.5. The number of phenolic OH excluding ortho intramolecular Hbond substituents is 1. The molecule has 0 spiro atoms. The monoisotopic (exact) mass is 316 g/mol. The van der Waals surface area contributed by atoms with E-state index in [0.29, 0.717) is 31.9 Å². The van der Waals surface area contributed by atoms with Crippen LogP contribution in [0.1, 0.15) is 55.6 Å². The minimum absolute atomic E-state index is 0.272. The number of allylic oxidation sites excluding steroid dienone is 1. The minimum atomic E-state index is -0.679. The van der Waals surface area contributed by atoms with Crippen molar-refractivity contribution in [3.63, 3.8) is 0 Å². The zero-order valence-electron chi connectivity index (χ0n) is 12.6. The Morgan fingerprint density at radius 3 is 2.73 bits per heavy atom. The minimum Gasteiger partial charge on any atom is -0.505 e. The van der Waals surface area contributed by atoms with Crippen molar-refractivity contribution in [3.8, 4) is 11.5 Å². The second-order valence-electron chi connectivity index (χ2n) is 7.36. The van der Waals surface area contributed by atoms with E-state index in [4.69, 9.17) is 16.2 Å². The Morgan fingerprint density at radius 1 is 1.32 bits per heavy atom. The van der Waals surface area contributed by atoms with Crippen molar-refractivity contribution in [2.75, 3.05) is 5.73 Å². The number of fused-ring (bicyclic) bond motifs is 8. The van der Waals surface area contributed by atoms with Gasteiger partial charge in [-0.25, -0.2) is 0 Å². The summed E-state index contributed by atoms with van der Waals surface area (Å²) in [5, 5.41) is 13.0. The third-order valence-electron chi connectivity index (χ3n) is 6.02. The summed E-state index contributed by atoms with van der Waals surface area (Å²) in [7, 11) is 0.469. The number of hydrogen-bond acceptors (Lipinski definition) is 4. The van der Waals surface area contributed by atoms with Crippen molar-refractivity contribution < 1.29 is 9.84 Å². The SMILES string of the molecule is CC1(N)Oc2c(c(N)c(O)c3c2C2CCC3C2)PC2=CCC21. The van der Waals surface area contributed by atoms with E-state index >= 15 is 0 Å². The first kappa shape index (κ1) is 13.2. The second-order valence-corrected chi connectivity index (χ2v) is 8.69. The zero-order chi connectivity index (χ0) is 15.2. The molecule has 4 nitrogen and oxygen atoms in total. The number of ether oxygens (including phenoxy) is 1. The fraction of sp³-hybridized carbons (Fsp3) is 0.529. The summed E-state index contributed by atoms with van der Waals surface area (Å²) in [5.41, 5.74) is 14.9. The van der Waals surface area contributed by atoms with Crippen LogP contribution in [0, 0.1) is 5.92 Å². The maximum atomic E-state index is 10.7. The van der Waals surface area contributed by atoms with Crippen molar-refractivity contribution >= 4 is 19.6 Å². The maximum Gasteiger partial charge on any atom is 0.162 e. The van der Waals surface area contributed by atoms with Crippen LogP contribution in [0.15, 0.2) is 11.4 Å². The van der Waals surface area contributed by atoms with Gasteiger partial charge in [-0.05, 0) is 49.8 Å². The molecule has 3 aliphatic carbocycles. The first-order valence-corrected chi connectivity index (χ1v) is 9.10. The molecule has 2 bridgehead atoms. The number of phenols is 1. The van der Waals surface area contributed by atoms with E-state index in [0.717, 1.165) is 35.9 Å². The highest BCUT2D eigenvalue weighted by molar-refractivity contribution is 7.52. The molecule has 0 aromatic heterocycles. The van der Waals surface area contributed by atoms with Gasteiger partial charge in [-0.3, -0.25) is 5.73 Å². The molecule has 0 amide bonds. The lowest BCUT2D eigenvalue weighted by Crippen LogP contribution is -2.51. The molecule has 5 heteroatoms. The molecular formula is C17H21N2O2P. The molecule has 0 saturated heterocycles. The van der Waals surface area contributed by atoms with Crippen LogP contribution in [-0.4, -0.2) is 10.8 Å². The van der Waals surface area contributed by atoms with Crippen molar-refractivity contribution in [1.82, 2.24) is 0 Å². The van der Waals surface area contributed by atoms with Gasteiger partial charge in [-0.15, -0.1) is 0 Å². The fourth-order valence-electron chi connectivity index (χ4n) is 4.79. The van der Waals surface area contributed by atoms with E-state index in [1.807, 2.05) is 6.92 Å². The fourth-order valence-corrected chi connectivity index (χ4v) is 6.43. The van der Waals surface area contributed by atoms with Crippen molar-refractivity contribution in [2.24, 2.45) is 11.7 Å². The van der Waals surface area contributed by atoms with Crippen LogP contribution in [0.3, 0.4) is 0 Å². The molecule has 1 fully saturated rings. The van der Waals surface area contributed by atoms with Crippen LogP contribution in [0.4, 0.5) is 5.69 Å². The summed E-state index contributed by atoms with van der Waals surface area (Å²) in [5.74, 6) is 2.44. The predicted octanol–water partition coefficient (Wildman–Crippen LogP) is 2.61. The Labute approximate surface area is 131 Å². The van der Waals surface area contributed by atoms with Crippen LogP contribution in [-0.2, 0) is 0 Å². The highest BCUT2D eigenvalue weighted by Gasteiger charge is 2.48. The molecule has 1 saturated carbocycles. The quantitative estimate of drug-likeness (QED) is 0.390. The first-order valence-electron chi connectivity index (χ1n) is 8.10. The van der Waals surface area contributed by atoms with Gasteiger partial charge in [0.1, 0.15) is 11.5 Å². The van der Waals surface area contributed by atoms with Gasteiger partial charge in [-0.1, -0.05) is 14.7 Å². The lowest BCUT2D eigenvalue weighted by atomic mass is 9.85. The average Bonchev–Trinajstić information content (AvgIpc) is 3.00. The Hall–Kier alpha value is -1.25. The van der Waals surface area contributed by atoms with E-state index in [1.54, 1.807) is 0 Å². The summed E-state index contributed by atoms with van der Waals surface area (Å²) in [6.07, 6.45) is 6.68. The summed E-state index contributed by atoms with van der Waals surface area (Å²) in [4.78, 5) is 0. The highest BCUT2D eigenvalue weighted by Crippen LogP contribution is 2.62. The number of nitrogens with two attached hydrogens (primary N) is 2. The smallest absolute Gasteiger partial charge is 0.162 e. The summed E-state index contributed by atoms with van der Waals surface area (Å²) in [6, 6.07) is 0. The molecule has 1 aromatic rings. The second kappa shape index (κ2) is 3.98. The van der Waals surface area contributed by atoms with Crippen molar-refractivity contribution in [1.29, 1.82) is 0 Å². The van der Waals surface area contributed by atoms with Crippen LogP contribution in [0.2, 0.25) is 0 Å². The third kappa shape index (κ3) is 1.45. The highest BCUT2D eigenvalue weighted by atomic mass is 31.1. The zero-order valence-corrected chi connectivity index (χ0v) is 13.6. The predicted molar refractivity (Wildman–Crippen MR) is 89.2 cm³/mol. The Balaban J connectivity index is 1.79. The third-order valence-corrected chi connectivity index (χ3v) is 7.61. The number of aromatic hydroxyl groups is 1. The van der Waals surface area contributed by atoms with E-state index in [-0.39, 0.29) is 5.92 Å². The molecule has 22 heavy (non-hydrogen) atoms. The molecule has 116 valence electrons. The van der Waals surface area contributed by atoms with Crippen LogP contribution in [0.5, 0.6) is 11.5 Å². The topological polar surface area (TPSA) is 81.5 Å². The van der Waals surface area contributed by atoms with Gasteiger partial charge in [-0.2, -0.15) is 0 Å². The number of nitrogen functional groups attached to an aromatic ring is 1. The Bertz CT molecular complexity index is 741. The van der Waals surface area contributed by atoms with Crippen LogP contribution < -0.4 is 21.5 Å². The van der Waals surface area contributed by atoms with Gasteiger partial charge in [0.05, 0.1) is 5.69 Å². The average molecular weight is 316 g/mol. The molecule has 5 rings (SSSR count). The van der Waals surface area contributed by atoms with Crippen LogP contribution >= 0.6 is 8.58 Å². The van der Waals surface area contributed by atoms with Gasteiger partial charge in [0, 0.05) is 22.3 Å². The van der Waals surface area contributed by atoms with E-state index in [9.17, 15) is 5.11 Å². The van der Waals surface area contributed by atoms with Crippen LogP contribution in [0.25, 0.3) is 0 Å². The van der Waals surface area contributed by atoms with E-state index in [2.05, 4.69) is 6.08 Å². The first-order chi connectivity index (χ1) is 10.5. The largest absolute Gasteiger partial charge is 0.505 e. The summed E-state index contributed by atoms with van der Waals surface area (Å²) in [6.45, 7) is 1.98. The molecule has 5 atom stereocenters. The maximum absolute atomic E-state index is 10.7. The van der Waals surface area contributed by atoms with Gasteiger partial charge in [0.15, 0.2) is 5.72 Å². The number of rotatable bonds is 0. The molecule has 1 aromatic carbocycles. The lowest BCUT2D eigenvalue weighted by Gasteiger charge is -2.38. The molecule has 4 aliphatic rings. The number of hydrogen-bond donors (Lipinski definition) is 3. The van der Waals surface area contributed by atoms with Gasteiger partial charge < -0.3 is 15.6 Å². The summed E-state index contributed by atoms with van der Waals surface area (Å²) >= 11 is 0.